The summed E-state index contributed by atoms with van der Waals surface area (Å²) in [5.74, 6) is -1.04. The fourth-order valence-corrected chi connectivity index (χ4v) is 0.287. The maximum Gasteiger partial charge on any atom is 0.370 e. The van der Waals surface area contributed by atoms with Crippen molar-refractivity contribution in [2.24, 2.45) is 5.73 Å². The Morgan fingerprint density at radius 3 is 2.56 bits per heavy atom. The van der Waals surface area contributed by atoms with Crippen molar-refractivity contribution < 1.29 is 14.6 Å². The SMILES string of the molecule is CCOC(=O)C(N)(O)Cl. The van der Waals surface area contributed by atoms with Crippen LogP contribution in [-0.2, 0) is 9.53 Å². The average Bonchev–Trinajstić information content (AvgIpc) is 1.64. The highest BCUT2D eigenvalue weighted by atomic mass is 35.5. The zero-order valence-electron chi connectivity index (χ0n) is 4.93. The molecule has 0 aliphatic rings. The minimum absolute atomic E-state index is 0.144. The molecule has 54 valence electrons. The van der Waals surface area contributed by atoms with E-state index in [-0.39, 0.29) is 6.61 Å². The van der Waals surface area contributed by atoms with Gasteiger partial charge in [0.2, 0.25) is 0 Å². The van der Waals surface area contributed by atoms with E-state index in [0.717, 1.165) is 0 Å². The van der Waals surface area contributed by atoms with Gasteiger partial charge in [-0.3, -0.25) is 5.73 Å². The predicted molar refractivity (Wildman–Crippen MR) is 31.6 cm³/mol. The maximum absolute atomic E-state index is 10.3. The van der Waals surface area contributed by atoms with Gasteiger partial charge in [-0.15, -0.1) is 0 Å². The number of rotatable bonds is 2. The minimum Gasteiger partial charge on any atom is -0.462 e. The molecule has 5 heteroatoms. The molecular formula is C4H8ClNO3. The fraction of sp³-hybridized carbons (Fsp3) is 0.750. The number of esters is 1. The summed E-state index contributed by atoms with van der Waals surface area (Å²) in [6.07, 6.45) is 0. The molecule has 1 atom stereocenters. The fourth-order valence-electron chi connectivity index (χ4n) is 0.232. The lowest BCUT2D eigenvalue weighted by molar-refractivity contribution is -0.156. The number of hydrogen-bond donors (Lipinski definition) is 2. The number of carbonyl (C=O) groups is 1. The van der Waals surface area contributed by atoms with Crippen LogP contribution in [-0.4, -0.2) is 22.9 Å². The third-order valence-corrected chi connectivity index (χ3v) is 0.716. The summed E-state index contributed by atoms with van der Waals surface area (Å²) < 4.78 is 4.26. The van der Waals surface area contributed by atoms with E-state index in [9.17, 15) is 4.79 Å². The van der Waals surface area contributed by atoms with E-state index in [1.54, 1.807) is 6.92 Å². The largest absolute Gasteiger partial charge is 0.462 e. The van der Waals surface area contributed by atoms with Gasteiger partial charge in [0.05, 0.1) is 6.61 Å². The number of halogens is 1. The van der Waals surface area contributed by atoms with E-state index >= 15 is 0 Å². The van der Waals surface area contributed by atoms with Gasteiger partial charge < -0.3 is 9.84 Å². The molecular weight excluding hydrogens is 146 g/mol. The van der Waals surface area contributed by atoms with Crippen molar-refractivity contribution >= 4 is 17.6 Å². The number of hydrogen-bond acceptors (Lipinski definition) is 4. The van der Waals surface area contributed by atoms with Crippen molar-refractivity contribution in [2.45, 2.75) is 12.1 Å². The Morgan fingerprint density at radius 1 is 2.00 bits per heavy atom. The molecule has 0 aromatic rings. The van der Waals surface area contributed by atoms with Gasteiger partial charge in [-0.25, -0.2) is 4.79 Å². The van der Waals surface area contributed by atoms with Crippen molar-refractivity contribution in [1.29, 1.82) is 0 Å². The van der Waals surface area contributed by atoms with Crippen molar-refractivity contribution in [3.8, 4) is 0 Å². The van der Waals surface area contributed by atoms with Crippen LogP contribution in [0.1, 0.15) is 6.92 Å². The first-order valence-corrected chi connectivity index (χ1v) is 2.73. The molecule has 0 saturated heterocycles. The smallest absolute Gasteiger partial charge is 0.370 e. The van der Waals surface area contributed by atoms with E-state index in [0.29, 0.717) is 0 Å². The molecule has 0 heterocycles. The third-order valence-electron chi connectivity index (χ3n) is 0.562. The molecule has 0 saturated carbocycles. The van der Waals surface area contributed by atoms with Crippen LogP contribution >= 0.6 is 11.6 Å². The van der Waals surface area contributed by atoms with E-state index < -0.39 is 11.2 Å². The van der Waals surface area contributed by atoms with Crippen LogP contribution in [0.5, 0.6) is 0 Å². The second-order valence-corrected chi connectivity index (χ2v) is 1.97. The zero-order chi connectivity index (χ0) is 7.49. The predicted octanol–water partition coefficient (Wildman–Crippen LogP) is -0.607. The van der Waals surface area contributed by atoms with Crippen LogP contribution in [0.4, 0.5) is 0 Å². The van der Waals surface area contributed by atoms with Crippen molar-refractivity contribution in [3.05, 3.63) is 0 Å². The maximum atomic E-state index is 10.3. The Hall–Kier alpha value is -0.320. The average molecular weight is 154 g/mol. The number of alkyl halides is 1. The van der Waals surface area contributed by atoms with E-state index in [2.05, 4.69) is 4.74 Å². The lowest BCUT2D eigenvalue weighted by Gasteiger charge is -2.10. The summed E-state index contributed by atoms with van der Waals surface area (Å²) in [5, 5.41) is 6.11. The van der Waals surface area contributed by atoms with Gasteiger partial charge in [0.1, 0.15) is 0 Å². The molecule has 0 bridgehead atoms. The molecule has 0 radical (unpaired) electrons. The van der Waals surface area contributed by atoms with Gasteiger partial charge >= 0.3 is 5.97 Å². The first-order chi connectivity index (χ1) is 3.98. The molecule has 0 aromatic carbocycles. The molecule has 0 spiro atoms. The first kappa shape index (κ1) is 8.68. The molecule has 0 aliphatic heterocycles. The minimum atomic E-state index is -2.38. The number of ether oxygens (including phenoxy) is 1. The Balaban J connectivity index is 3.74. The van der Waals surface area contributed by atoms with E-state index in [1.165, 1.54) is 0 Å². The van der Waals surface area contributed by atoms with Crippen molar-refractivity contribution in [1.82, 2.24) is 0 Å². The highest BCUT2D eigenvalue weighted by Crippen LogP contribution is 2.02. The molecule has 9 heavy (non-hydrogen) atoms. The van der Waals surface area contributed by atoms with Crippen LogP contribution in [0.15, 0.2) is 0 Å². The molecule has 0 rings (SSSR count). The first-order valence-electron chi connectivity index (χ1n) is 2.36. The quantitative estimate of drug-likeness (QED) is 0.240. The van der Waals surface area contributed by atoms with Crippen LogP contribution in [0.3, 0.4) is 0 Å². The summed E-state index contributed by atoms with van der Waals surface area (Å²) in [4.78, 5) is 10.3. The Labute approximate surface area is 57.5 Å². The van der Waals surface area contributed by atoms with Crippen molar-refractivity contribution in [3.63, 3.8) is 0 Å². The molecule has 0 fully saturated rings. The molecule has 3 N–H and O–H groups in total. The summed E-state index contributed by atoms with van der Waals surface area (Å²) in [5.41, 5.74) is 4.71. The Kier molecular flexibility index (Phi) is 2.90. The lowest BCUT2D eigenvalue weighted by atomic mass is 10.6. The highest BCUT2D eigenvalue weighted by Gasteiger charge is 2.29. The van der Waals surface area contributed by atoms with Gasteiger partial charge in [0, 0.05) is 0 Å². The Bertz CT molecular complexity index is 109. The van der Waals surface area contributed by atoms with Gasteiger partial charge in [0.15, 0.2) is 0 Å². The van der Waals surface area contributed by atoms with Crippen LogP contribution in [0.25, 0.3) is 0 Å². The number of aliphatic hydroxyl groups is 1. The number of nitrogens with two attached hydrogens (primary N) is 1. The normalized spacial score (nSPS) is 16.4. The molecule has 0 aliphatic carbocycles. The van der Waals surface area contributed by atoms with E-state index in [4.69, 9.17) is 22.4 Å². The van der Waals surface area contributed by atoms with Gasteiger partial charge in [-0.05, 0) is 6.92 Å². The van der Waals surface area contributed by atoms with Crippen LogP contribution in [0.2, 0.25) is 0 Å². The van der Waals surface area contributed by atoms with Gasteiger partial charge in [-0.1, -0.05) is 11.6 Å². The van der Waals surface area contributed by atoms with Crippen molar-refractivity contribution in [2.75, 3.05) is 6.61 Å². The van der Waals surface area contributed by atoms with E-state index in [1.807, 2.05) is 0 Å². The summed E-state index contributed by atoms with van der Waals surface area (Å²) in [6.45, 7) is 1.73. The van der Waals surface area contributed by atoms with Gasteiger partial charge in [-0.2, -0.15) is 0 Å². The Morgan fingerprint density at radius 2 is 2.44 bits per heavy atom. The standard InChI is InChI=1S/C4H8ClNO3/c1-2-9-3(7)4(5,6)8/h8H,2,6H2,1H3. The molecule has 1 unspecified atom stereocenters. The lowest BCUT2D eigenvalue weighted by Crippen LogP contribution is -2.43. The zero-order valence-corrected chi connectivity index (χ0v) is 5.68. The second-order valence-electron chi connectivity index (χ2n) is 1.39. The summed E-state index contributed by atoms with van der Waals surface area (Å²) >= 11 is 4.92. The topological polar surface area (TPSA) is 72.5 Å². The highest BCUT2D eigenvalue weighted by molar-refractivity contribution is 6.31. The summed E-state index contributed by atoms with van der Waals surface area (Å²) in [6, 6.07) is 0. The monoisotopic (exact) mass is 153 g/mol. The third kappa shape index (κ3) is 3.29. The molecule has 0 amide bonds. The van der Waals surface area contributed by atoms with Gasteiger partial charge in [0.25, 0.3) is 5.18 Å². The van der Waals surface area contributed by atoms with Crippen LogP contribution in [0, 0.1) is 0 Å². The molecule has 0 aromatic heterocycles. The number of carbonyl (C=O) groups excluding carboxylic acids is 1. The molecule has 4 nitrogen and oxygen atoms in total. The second kappa shape index (κ2) is 3.00. The van der Waals surface area contributed by atoms with Crippen LogP contribution < -0.4 is 5.73 Å². The summed E-state index contributed by atoms with van der Waals surface area (Å²) in [7, 11) is 0.